The summed E-state index contributed by atoms with van der Waals surface area (Å²) in [7, 11) is -1.39. The Kier molecular flexibility index (Phi) is 8.71. The minimum Gasteiger partial charge on any atom is -0.389 e. The van der Waals surface area contributed by atoms with Crippen LogP contribution in [0.5, 0.6) is 0 Å². The van der Waals surface area contributed by atoms with E-state index in [1.807, 2.05) is 0 Å². The molecule has 1 amide bonds. The molecule has 1 N–H and O–H groups in total. The molecule has 0 saturated carbocycles. The number of amides is 1. The molecule has 2 atom stereocenters. The number of thiazole rings is 1. The number of sulfone groups is 1. The summed E-state index contributed by atoms with van der Waals surface area (Å²) in [6, 6.07) is 6.16. The number of nitrogens with one attached hydrogen (secondary N) is 1. The van der Waals surface area contributed by atoms with Crippen LogP contribution < -0.4 is 5.32 Å². The molecule has 11 nitrogen and oxygen atoms in total. The maximum Gasteiger partial charge on any atom is 0.280 e. The molecule has 38 heavy (non-hydrogen) atoms. The summed E-state index contributed by atoms with van der Waals surface area (Å²) in [5, 5.41) is 6.92. The number of oxime groups is 1. The van der Waals surface area contributed by atoms with Crippen molar-refractivity contribution in [1.29, 1.82) is 0 Å². The predicted molar refractivity (Wildman–Crippen MR) is 143 cm³/mol. The van der Waals surface area contributed by atoms with E-state index in [4.69, 9.17) is 14.3 Å². The minimum atomic E-state index is -3.52. The number of rotatable bonds is 9. The zero-order valence-electron chi connectivity index (χ0n) is 21.4. The summed E-state index contributed by atoms with van der Waals surface area (Å²) in [5.74, 6) is -0.482. The second-order valence-corrected chi connectivity index (χ2v) is 13.1. The molecule has 3 fully saturated rings. The second kappa shape index (κ2) is 12.2. The van der Waals surface area contributed by atoms with Crippen LogP contribution in [0.4, 0.5) is 5.13 Å². The number of likely N-dealkylation sites (N-methyl/N-ethyl adjacent to an activating group) is 1. The first kappa shape index (κ1) is 27.2. The SMILES string of the molecule is CN1CCN(Cc2cnc(NC(=O)C(=NO[C@@H]3CCOC3)c3ccc(S(=O)(=O)[C@H]4CCOC4)cc3)s2)CC1. The van der Waals surface area contributed by atoms with Crippen molar-refractivity contribution in [3.05, 3.63) is 40.9 Å². The average Bonchev–Trinajstić information content (AvgIpc) is 3.70. The van der Waals surface area contributed by atoms with Crippen LogP contribution in [0.3, 0.4) is 0 Å². The Labute approximate surface area is 226 Å². The van der Waals surface area contributed by atoms with E-state index in [0.717, 1.165) is 37.6 Å². The van der Waals surface area contributed by atoms with Gasteiger partial charge >= 0.3 is 0 Å². The maximum atomic E-state index is 13.3. The zero-order chi connectivity index (χ0) is 26.5. The Balaban J connectivity index is 1.30. The highest BCUT2D eigenvalue weighted by Crippen LogP contribution is 2.24. The molecule has 3 aliphatic rings. The monoisotopic (exact) mass is 563 g/mol. The van der Waals surface area contributed by atoms with Crippen LogP contribution in [0, 0.1) is 0 Å². The van der Waals surface area contributed by atoms with Gasteiger partial charge in [0.05, 0.1) is 30.0 Å². The number of aromatic nitrogens is 1. The number of benzene rings is 1. The van der Waals surface area contributed by atoms with Crippen molar-refractivity contribution in [3.8, 4) is 0 Å². The topological polar surface area (TPSA) is 123 Å². The zero-order valence-corrected chi connectivity index (χ0v) is 23.0. The van der Waals surface area contributed by atoms with Crippen molar-refractivity contribution >= 4 is 37.9 Å². The van der Waals surface area contributed by atoms with E-state index < -0.39 is 21.0 Å². The number of nitrogens with zero attached hydrogens (tertiary/aromatic N) is 4. The Bertz CT molecular complexity index is 1230. The smallest absolute Gasteiger partial charge is 0.280 e. The van der Waals surface area contributed by atoms with E-state index in [2.05, 4.69) is 32.3 Å². The van der Waals surface area contributed by atoms with Crippen LogP contribution in [0.2, 0.25) is 0 Å². The molecule has 5 rings (SSSR count). The predicted octanol–water partition coefficient (Wildman–Crippen LogP) is 1.60. The van der Waals surface area contributed by atoms with Crippen molar-refractivity contribution in [2.75, 3.05) is 65.0 Å². The van der Waals surface area contributed by atoms with Crippen molar-refractivity contribution < 1.29 is 27.5 Å². The molecule has 0 aliphatic carbocycles. The van der Waals surface area contributed by atoms with Gasteiger partial charge in [-0.3, -0.25) is 15.0 Å². The van der Waals surface area contributed by atoms with Crippen LogP contribution in [-0.4, -0.2) is 106 Å². The lowest BCUT2D eigenvalue weighted by atomic mass is 10.1. The molecule has 1 aromatic carbocycles. The first-order chi connectivity index (χ1) is 18.4. The molecule has 0 bridgehead atoms. The molecule has 0 radical (unpaired) electrons. The third-order valence-corrected chi connectivity index (χ3v) is 10.0. The Morgan fingerprint density at radius 2 is 1.87 bits per heavy atom. The van der Waals surface area contributed by atoms with Crippen molar-refractivity contribution in [2.24, 2.45) is 5.16 Å². The Morgan fingerprint density at radius 1 is 1.13 bits per heavy atom. The van der Waals surface area contributed by atoms with Gasteiger partial charge in [0.15, 0.2) is 26.8 Å². The fraction of sp³-hybridized carbons (Fsp3) is 0.560. The lowest BCUT2D eigenvalue weighted by Gasteiger charge is -2.31. The Morgan fingerprint density at radius 3 is 2.55 bits per heavy atom. The van der Waals surface area contributed by atoms with Gasteiger partial charge in [-0.1, -0.05) is 17.3 Å². The molecule has 3 saturated heterocycles. The molecule has 0 unspecified atom stereocenters. The second-order valence-electron chi connectivity index (χ2n) is 9.75. The molecule has 4 heterocycles. The minimum absolute atomic E-state index is 0.0425. The lowest BCUT2D eigenvalue weighted by Crippen LogP contribution is -2.43. The molecule has 2 aromatic rings. The summed E-state index contributed by atoms with van der Waals surface area (Å²) in [4.78, 5) is 29.2. The average molecular weight is 564 g/mol. The highest BCUT2D eigenvalue weighted by Gasteiger charge is 2.31. The van der Waals surface area contributed by atoms with Gasteiger partial charge in [-0.2, -0.15) is 0 Å². The normalized spacial score (nSPS) is 23.6. The first-order valence-corrected chi connectivity index (χ1v) is 15.2. The van der Waals surface area contributed by atoms with E-state index in [-0.39, 0.29) is 23.3 Å². The van der Waals surface area contributed by atoms with Gasteiger partial charge in [-0.25, -0.2) is 13.4 Å². The molecular formula is C25H33N5O6S2. The van der Waals surface area contributed by atoms with Crippen molar-refractivity contribution in [1.82, 2.24) is 14.8 Å². The maximum absolute atomic E-state index is 13.3. The van der Waals surface area contributed by atoms with Gasteiger partial charge in [0, 0.05) is 62.4 Å². The van der Waals surface area contributed by atoms with Crippen molar-refractivity contribution in [2.45, 2.75) is 35.6 Å². The van der Waals surface area contributed by atoms with Gasteiger partial charge in [-0.05, 0) is 25.6 Å². The molecule has 1 aromatic heterocycles. The van der Waals surface area contributed by atoms with Gasteiger partial charge in [0.1, 0.15) is 0 Å². The molecule has 3 aliphatic heterocycles. The quantitative estimate of drug-likeness (QED) is 0.358. The number of anilines is 1. The number of carbonyl (C=O) groups excluding carboxylic acids is 1. The van der Waals surface area contributed by atoms with Gasteiger partial charge in [-0.15, -0.1) is 11.3 Å². The molecule has 13 heteroatoms. The molecular weight excluding hydrogens is 530 g/mol. The fourth-order valence-corrected chi connectivity index (χ4v) is 6.95. The van der Waals surface area contributed by atoms with Crippen LogP contribution >= 0.6 is 11.3 Å². The highest BCUT2D eigenvalue weighted by molar-refractivity contribution is 7.92. The number of carbonyl (C=O) groups is 1. The number of hydrogen-bond acceptors (Lipinski definition) is 11. The van der Waals surface area contributed by atoms with Crippen LogP contribution in [0.15, 0.2) is 40.5 Å². The molecule has 0 spiro atoms. The van der Waals surface area contributed by atoms with Crippen LogP contribution in [-0.2, 0) is 35.5 Å². The van der Waals surface area contributed by atoms with E-state index >= 15 is 0 Å². The van der Waals surface area contributed by atoms with Gasteiger partial charge in [0.25, 0.3) is 5.91 Å². The summed E-state index contributed by atoms with van der Waals surface area (Å²) in [6.45, 7) is 6.45. The van der Waals surface area contributed by atoms with Crippen LogP contribution in [0.25, 0.3) is 0 Å². The standard InChI is InChI=1S/C25H33N5O6S2/c1-29-8-10-30(11-9-29)15-20-14-26-25(37-20)27-24(31)23(28-36-19-6-12-34-16-19)18-2-4-21(5-3-18)38(32,33)22-7-13-35-17-22/h2-5,14,19,22H,6-13,15-17H2,1H3,(H,26,27,31)/t19-,22+/m1/s1. The van der Waals surface area contributed by atoms with Gasteiger partial charge in [0.2, 0.25) is 0 Å². The summed E-state index contributed by atoms with van der Waals surface area (Å²) in [6.07, 6.45) is 2.70. The third-order valence-electron chi connectivity index (χ3n) is 6.93. The Hall–Kier alpha value is -2.42. The van der Waals surface area contributed by atoms with E-state index in [1.54, 1.807) is 18.3 Å². The highest BCUT2D eigenvalue weighted by atomic mass is 32.2. The molecule has 206 valence electrons. The number of piperazine rings is 1. The summed E-state index contributed by atoms with van der Waals surface area (Å²) >= 11 is 1.43. The summed E-state index contributed by atoms with van der Waals surface area (Å²) < 4.78 is 36.4. The first-order valence-electron chi connectivity index (χ1n) is 12.8. The van der Waals surface area contributed by atoms with Crippen molar-refractivity contribution in [3.63, 3.8) is 0 Å². The van der Waals surface area contributed by atoms with E-state index in [0.29, 0.717) is 43.4 Å². The van der Waals surface area contributed by atoms with Crippen LogP contribution in [0.1, 0.15) is 23.3 Å². The fourth-order valence-electron chi connectivity index (χ4n) is 4.52. The number of ether oxygens (including phenoxy) is 2. The largest absolute Gasteiger partial charge is 0.389 e. The number of hydrogen-bond donors (Lipinski definition) is 1. The summed E-state index contributed by atoms with van der Waals surface area (Å²) in [5.41, 5.74) is 0.484. The third kappa shape index (κ3) is 6.58. The lowest BCUT2D eigenvalue weighted by molar-refractivity contribution is -0.110. The van der Waals surface area contributed by atoms with E-state index in [9.17, 15) is 13.2 Å². The van der Waals surface area contributed by atoms with E-state index in [1.165, 1.54) is 23.5 Å². The van der Waals surface area contributed by atoms with Gasteiger partial charge < -0.3 is 19.2 Å².